The lowest BCUT2D eigenvalue weighted by Crippen LogP contribution is -2.55. The molecule has 0 bridgehead atoms. The largest absolute Gasteiger partial charge is 0.465 e. The summed E-state index contributed by atoms with van der Waals surface area (Å²) in [6.45, 7) is 6.39. The van der Waals surface area contributed by atoms with Crippen molar-refractivity contribution in [3.63, 3.8) is 0 Å². The minimum absolute atomic E-state index is 0.298. The van der Waals surface area contributed by atoms with Crippen LogP contribution < -0.4 is 5.56 Å². The number of halogens is 1. The van der Waals surface area contributed by atoms with Crippen molar-refractivity contribution >= 4 is 28.6 Å². The van der Waals surface area contributed by atoms with E-state index in [9.17, 15) is 14.7 Å². The lowest BCUT2D eigenvalue weighted by Gasteiger charge is -2.47. The van der Waals surface area contributed by atoms with Gasteiger partial charge in [-0.25, -0.2) is 9.78 Å². The molecule has 1 amide bonds. The van der Waals surface area contributed by atoms with Crippen LogP contribution in [0, 0.1) is 5.41 Å². The SMILES string of the molecule is CC(C)(C)[C@]1(c2nc3cccc(Cl)c3c(=O)n2-c2ccccc2)CCCN1C(=O)O. The second kappa shape index (κ2) is 7.13. The van der Waals surface area contributed by atoms with E-state index in [4.69, 9.17) is 16.6 Å². The molecule has 1 aliphatic rings. The second-order valence-corrected chi connectivity index (χ2v) is 9.10. The molecule has 1 aromatic heterocycles. The topological polar surface area (TPSA) is 75.4 Å². The highest BCUT2D eigenvalue weighted by Gasteiger charge is 2.56. The zero-order valence-electron chi connectivity index (χ0n) is 17.2. The summed E-state index contributed by atoms with van der Waals surface area (Å²) in [5.41, 5.74) is -0.676. The normalized spacial score (nSPS) is 19.4. The molecule has 3 aromatic rings. The maximum Gasteiger partial charge on any atom is 0.408 e. The van der Waals surface area contributed by atoms with Gasteiger partial charge >= 0.3 is 6.09 Å². The quantitative estimate of drug-likeness (QED) is 0.623. The predicted octanol–water partition coefficient (Wildman–Crippen LogP) is 5.05. The summed E-state index contributed by atoms with van der Waals surface area (Å²) in [6.07, 6.45) is 0.262. The maximum absolute atomic E-state index is 13.7. The fourth-order valence-electron chi connectivity index (χ4n) is 4.71. The fraction of sp³-hybridized carbons (Fsp3) is 0.348. The molecule has 0 spiro atoms. The first kappa shape index (κ1) is 20.4. The van der Waals surface area contributed by atoms with E-state index in [-0.39, 0.29) is 5.56 Å². The van der Waals surface area contributed by atoms with E-state index in [0.717, 1.165) is 0 Å². The van der Waals surface area contributed by atoms with E-state index in [1.165, 1.54) is 4.90 Å². The Labute approximate surface area is 179 Å². The van der Waals surface area contributed by atoms with Gasteiger partial charge in [0, 0.05) is 6.54 Å². The van der Waals surface area contributed by atoms with Crippen LogP contribution >= 0.6 is 11.6 Å². The molecule has 1 fully saturated rings. The number of para-hydroxylation sites is 1. The number of hydrogen-bond donors (Lipinski definition) is 1. The van der Waals surface area contributed by atoms with E-state index >= 15 is 0 Å². The molecule has 4 rings (SSSR count). The number of rotatable bonds is 2. The highest BCUT2D eigenvalue weighted by molar-refractivity contribution is 6.35. The van der Waals surface area contributed by atoms with Gasteiger partial charge in [-0.1, -0.05) is 56.6 Å². The lowest BCUT2D eigenvalue weighted by molar-refractivity contribution is 0.0193. The van der Waals surface area contributed by atoms with Crippen molar-refractivity contribution in [1.29, 1.82) is 0 Å². The molecule has 0 saturated carbocycles. The molecule has 7 heteroatoms. The smallest absolute Gasteiger partial charge is 0.408 e. The Morgan fingerprint density at radius 2 is 1.83 bits per heavy atom. The van der Waals surface area contributed by atoms with Crippen molar-refractivity contribution in [3.05, 3.63) is 69.7 Å². The molecule has 1 saturated heterocycles. The Bertz CT molecular complexity index is 1180. The van der Waals surface area contributed by atoms with Crippen molar-refractivity contribution in [2.24, 2.45) is 5.41 Å². The number of hydrogen-bond acceptors (Lipinski definition) is 3. The Morgan fingerprint density at radius 3 is 2.47 bits per heavy atom. The average Bonchev–Trinajstić information content (AvgIpc) is 3.15. The molecule has 156 valence electrons. The van der Waals surface area contributed by atoms with Crippen LogP contribution in [0.5, 0.6) is 0 Å². The summed E-state index contributed by atoms with van der Waals surface area (Å²) in [4.78, 5) is 32.4. The van der Waals surface area contributed by atoms with Gasteiger partial charge in [0.25, 0.3) is 5.56 Å². The molecule has 0 unspecified atom stereocenters. The van der Waals surface area contributed by atoms with Crippen LogP contribution in [0.4, 0.5) is 4.79 Å². The van der Waals surface area contributed by atoms with Crippen LogP contribution in [-0.2, 0) is 5.54 Å². The molecule has 0 radical (unpaired) electrons. The van der Waals surface area contributed by atoms with Crippen LogP contribution in [0.1, 0.15) is 39.4 Å². The Hall–Kier alpha value is -2.86. The van der Waals surface area contributed by atoms with E-state index in [1.54, 1.807) is 22.8 Å². The van der Waals surface area contributed by atoms with Gasteiger partial charge in [-0.2, -0.15) is 0 Å². The molecule has 30 heavy (non-hydrogen) atoms. The summed E-state index contributed by atoms with van der Waals surface area (Å²) >= 11 is 6.38. The minimum atomic E-state index is -1.01. The fourth-order valence-corrected chi connectivity index (χ4v) is 4.96. The Kier molecular flexibility index (Phi) is 4.85. The molecular formula is C23H24ClN3O3. The number of amides is 1. The van der Waals surface area contributed by atoms with E-state index in [0.29, 0.717) is 46.8 Å². The maximum atomic E-state index is 13.7. The first-order valence-corrected chi connectivity index (χ1v) is 10.3. The summed E-state index contributed by atoms with van der Waals surface area (Å²) in [5.74, 6) is 0.431. The molecule has 1 aliphatic heterocycles. The van der Waals surface area contributed by atoms with E-state index < -0.39 is 17.0 Å². The Morgan fingerprint density at radius 1 is 1.13 bits per heavy atom. The summed E-state index contributed by atoms with van der Waals surface area (Å²) in [5, 5.41) is 10.7. The minimum Gasteiger partial charge on any atom is -0.465 e. The Balaban J connectivity index is 2.20. The molecule has 0 aliphatic carbocycles. The van der Waals surface area contributed by atoms with Crippen LogP contribution in [0.2, 0.25) is 5.02 Å². The molecule has 2 aromatic carbocycles. The first-order valence-electron chi connectivity index (χ1n) is 9.96. The number of carboxylic acid groups (broad SMARTS) is 1. The summed E-state index contributed by atoms with van der Waals surface area (Å²) < 4.78 is 1.54. The van der Waals surface area contributed by atoms with Crippen molar-refractivity contribution in [2.45, 2.75) is 39.2 Å². The number of carbonyl (C=O) groups is 1. The molecule has 1 N–H and O–H groups in total. The number of likely N-dealkylation sites (tertiary alicyclic amines) is 1. The zero-order valence-corrected chi connectivity index (χ0v) is 18.0. The number of benzene rings is 2. The molecule has 6 nitrogen and oxygen atoms in total. The van der Waals surface area contributed by atoms with Crippen molar-refractivity contribution in [1.82, 2.24) is 14.5 Å². The standard InChI is InChI=1S/C23H24ClN3O3/c1-22(2,3)23(13-8-14-26(23)21(29)30)20-25-17-12-7-11-16(24)18(17)19(28)27(20)15-9-5-4-6-10-15/h4-7,9-12H,8,13-14H2,1-3H3,(H,29,30)/t23-/m1/s1. The number of fused-ring (bicyclic) bond motifs is 1. The van der Waals surface area contributed by atoms with Gasteiger partial charge in [0.15, 0.2) is 0 Å². The molecule has 2 heterocycles. The molecule has 1 atom stereocenters. The van der Waals surface area contributed by atoms with Gasteiger partial charge < -0.3 is 5.11 Å². The van der Waals surface area contributed by atoms with Gasteiger partial charge in [-0.15, -0.1) is 0 Å². The predicted molar refractivity (Wildman–Crippen MR) is 117 cm³/mol. The van der Waals surface area contributed by atoms with Gasteiger partial charge in [0.1, 0.15) is 11.4 Å². The van der Waals surface area contributed by atoms with Gasteiger partial charge in [0.2, 0.25) is 0 Å². The zero-order chi connectivity index (χ0) is 21.7. The monoisotopic (exact) mass is 425 g/mol. The highest BCUT2D eigenvalue weighted by atomic mass is 35.5. The van der Waals surface area contributed by atoms with Crippen LogP contribution in [0.15, 0.2) is 53.3 Å². The van der Waals surface area contributed by atoms with E-state index in [2.05, 4.69) is 0 Å². The summed E-state index contributed by atoms with van der Waals surface area (Å²) in [7, 11) is 0. The highest BCUT2D eigenvalue weighted by Crippen LogP contribution is 2.51. The van der Waals surface area contributed by atoms with Crippen LogP contribution in [0.25, 0.3) is 16.6 Å². The summed E-state index contributed by atoms with van der Waals surface area (Å²) in [6, 6.07) is 14.4. The van der Waals surface area contributed by atoms with Crippen molar-refractivity contribution in [2.75, 3.05) is 6.54 Å². The number of aromatic nitrogens is 2. The van der Waals surface area contributed by atoms with Crippen molar-refractivity contribution in [3.8, 4) is 5.69 Å². The van der Waals surface area contributed by atoms with Gasteiger partial charge in [-0.3, -0.25) is 14.3 Å². The lowest BCUT2D eigenvalue weighted by atomic mass is 9.70. The van der Waals surface area contributed by atoms with Gasteiger partial charge in [-0.05, 0) is 42.5 Å². The van der Waals surface area contributed by atoms with Gasteiger partial charge in [0.05, 0.1) is 21.6 Å². The van der Waals surface area contributed by atoms with Crippen LogP contribution in [-0.4, -0.2) is 32.2 Å². The molecular weight excluding hydrogens is 402 g/mol. The second-order valence-electron chi connectivity index (χ2n) is 8.69. The van der Waals surface area contributed by atoms with E-state index in [1.807, 2.05) is 51.1 Å². The third-order valence-electron chi connectivity index (χ3n) is 6.08. The third-order valence-corrected chi connectivity index (χ3v) is 6.40. The number of nitrogens with zero attached hydrogens (tertiary/aromatic N) is 3. The first-order chi connectivity index (χ1) is 14.2. The van der Waals surface area contributed by atoms with Crippen LogP contribution in [0.3, 0.4) is 0 Å². The average molecular weight is 426 g/mol. The van der Waals surface area contributed by atoms with Crippen molar-refractivity contribution < 1.29 is 9.90 Å². The third kappa shape index (κ3) is 2.89.